The van der Waals surface area contributed by atoms with Crippen LogP contribution >= 0.6 is 0 Å². The highest BCUT2D eigenvalue weighted by atomic mass is 16.1. The van der Waals surface area contributed by atoms with Crippen LogP contribution in [-0.2, 0) is 4.79 Å². The molecule has 0 aromatic heterocycles. The minimum absolute atomic E-state index is 0.431. The molecular formula is C8H12O. The summed E-state index contributed by atoms with van der Waals surface area (Å²) in [5.74, 6) is 2.63. The van der Waals surface area contributed by atoms with Gasteiger partial charge < -0.3 is 0 Å². The Kier molecular flexibility index (Phi) is 0.961. The number of rotatable bonds is 1. The minimum atomic E-state index is 0.431. The highest BCUT2D eigenvalue weighted by Gasteiger charge is 2.45. The van der Waals surface area contributed by atoms with E-state index in [4.69, 9.17) is 0 Å². The monoisotopic (exact) mass is 124 g/mol. The normalized spacial score (nSPS) is 46.6. The number of hydrogen-bond donors (Lipinski definition) is 0. The van der Waals surface area contributed by atoms with Crippen molar-refractivity contribution in [3.63, 3.8) is 0 Å². The molecule has 9 heavy (non-hydrogen) atoms. The molecule has 0 saturated heterocycles. The summed E-state index contributed by atoms with van der Waals surface area (Å²) in [7, 11) is 0. The van der Waals surface area contributed by atoms with Gasteiger partial charge in [0.2, 0.25) is 0 Å². The number of Topliss-reactive ketones (excluding diaryl/α,β-unsaturated/α-hetero) is 1. The van der Waals surface area contributed by atoms with E-state index < -0.39 is 0 Å². The van der Waals surface area contributed by atoms with Crippen LogP contribution in [0, 0.1) is 17.8 Å². The third-order valence-electron chi connectivity index (χ3n) is 2.95. The van der Waals surface area contributed by atoms with Crippen LogP contribution in [0.25, 0.3) is 0 Å². The first-order valence-corrected chi connectivity index (χ1v) is 3.78. The Balaban J connectivity index is 2.08. The van der Waals surface area contributed by atoms with Gasteiger partial charge in [-0.1, -0.05) is 0 Å². The lowest BCUT2D eigenvalue weighted by atomic mass is 9.82. The van der Waals surface area contributed by atoms with Crippen LogP contribution in [0.5, 0.6) is 0 Å². The lowest BCUT2D eigenvalue weighted by molar-refractivity contribution is -0.121. The molecule has 0 aliphatic heterocycles. The van der Waals surface area contributed by atoms with Gasteiger partial charge in [-0.15, -0.1) is 0 Å². The fourth-order valence-corrected chi connectivity index (χ4v) is 2.36. The average Bonchev–Trinajstić information content (AvgIpc) is 2.12. The summed E-state index contributed by atoms with van der Waals surface area (Å²) in [4.78, 5) is 10.9. The molecule has 0 radical (unpaired) electrons. The van der Waals surface area contributed by atoms with Crippen LogP contribution in [-0.4, -0.2) is 5.78 Å². The van der Waals surface area contributed by atoms with Gasteiger partial charge in [-0.05, 0) is 38.0 Å². The van der Waals surface area contributed by atoms with E-state index in [0.29, 0.717) is 11.7 Å². The van der Waals surface area contributed by atoms with Crippen molar-refractivity contribution in [3.05, 3.63) is 0 Å². The molecule has 3 aliphatic rings. The van der Waals surface area contributed by atoms with Crippen LogP contribution in [0.4, 0.5) is 0 Å². The predicted molar refractivity (Wildman–Crippen MR) is 35.0 cm³/mol. The Morgan fingerprint density at radius 1 is 1.33 bits per heavy atom. The van der Waals surface area contributed by atoms with Crippen molar-refractivity contribution in [2.75, 3.05) is 0 Å². The number of carbonyl (C=O) groups excluding carboxylic acids is 1. The van der Waals surface area contributed by atoms with Gasteiger partial charge in [0.25, 0.3) is 0 Å². The molecule has 0 spiro atoms. The van der Waals surface area contributed by atoms with Crippen LogP contribution < -0.4 is 0 Å². The van der Waals surface area contributed by atoms with Gasteiger partial charge in [-0.25, -0.2) is 0 Å². The van der Waals surface area contributed by atoms with E-state index in [2.05, 4.69) is 0 Å². The summed E-state index contributed by atoms with van der Waals surface area (Å²) >= 11 is 0. The second-order valence-electron chi connectivity index (χ2n) is 3.55. The second kappa shape index (κ2) is 1.59. The molecule has 2 bridgehead atoms. The number of hydrogen-bond acceptors (Lipinski definition) is 1. The van der Waals surface area contributed by atoms with Crippen molar-refractivity contribution in [2.24, 2.45) is 17.8 Å². The van der Waals surface area contributed by atoms with Crippen LogP contribution in [0.1, 0.15) is 26.2 Å². The maximum atomic E-state index is 10.9. The minimum Gasteiger partial charge on any atom is -0.300 e. The Morgan fingerprint density at radius 3 is 2.22 bits per heavy atom. The smallest absolute Gasteiger partial charge is 0.133 e. The first kappa shape index (κ1) is 5.45. The van der Waals surface area contributed by atoms with Gasteiger partial charge >= 0.3 is 0 Å². The fraction of sp³-hybridized carbons (Fsp3) is 0.875. The summed E-state index contributed by atoms with van der Waals surface area (Å²) < 4.78 is 0. The van der Waals surface area contributed by atoms with Crippen molar-refractivity contribution < 1.29 is 4.79 Å². The van der Waals surface area contributed by atoms with Gasteiger partial charge in [0.15, 0.2) is 0 Å². The van der Waals surface area contributed by atoms with Crippen molar-refractivity contribution in [1.82, 2.24) is 0 Å². The van der Waals surface area contributed by atoms with Gasteiger partial charge in [0, 0.05) is 5.92 Å². The highest BCUT2D eigenvalue weighted by Crippen LogP contribution is 2.52. The fourth-order valence-electron chi connectivity index (χ4n) is 2.36. The largest absolute Gasteiger partial charge is 0.300 e. The number of ketones is 1. The molecule has 0 amide bonds. The molecule has 3 fully saturated rings. The van der Waals surface area contributed by atoms with Gasteiger partial charge in [0.05, 0.1) is 0 Å². The molecule has 3 saturated carbocycles. The molecule has 50 valence electrons. The van der Waals surface area contributed by atoms with Crippen molar-refractivity contribution in [1.29, 1.82) is 0 Å². The molecule has 1 heteroatoms. The van der Waals surface area contributed by atoms with Gasteiger partial charge in [0.1, 0.15) is 5.78 Å². The number of fused-ring (bicyclic) bond motifs is 1. The van der Waals surface area contributed by atoms with Crippen molar-refractivity contribution in [3.8, 4) is 0 Å². The molecule has 0 N–H and O–H groups in total. The SMILES string of the molecule is CC(=O)C1CC2CC1C2. The molecule has 0 aromatic rings. The zero-order valence-electron chi connectivity index (χ0n) is 5.76. The van der Waals surface area contributed by atoms with E-state index >= 15 is 0 Å². The summed E-state index contributed by atoms with van der Waals surface area (Å²) in [5, 5.41) is 0. The van der Waals surface area contributed by atoms with Gasteiger partial charge in [-0.2, -0.15) is 0 Å². The molecule has 0 heterocycles. The highest BCUT2D eigenvalue weighted by molar-refractivity contribution is 5.79. The average molecular weight is 124 g/mol. The van der Waals surface area contributed by atoms with E-state index in [0.717, 1.165) is 11.8 Å². The van der Waals surface area contributed by atoms with Gasteiger partial charge in [-0.3, -0.25) is 4.79 Å². The standard InChI is InChI=1S/C8H12O/c1-5(9)8-4-6-2-7(8)3-6/h6-8H,2-4H2,1H3. The maximum Gasteiger partial charge on any atom is 0.133 e. The first-order chi connectivity index (χ1) is 4.27. The topological polar surface area (TPSA) is 17.1 Å². The van der Waals surface area contributed by atoms with E-state index in [1.165, 1.54) is 19.3 Å². The Morgan fingerprint density at radius 2 is 2.00 bits per heavy atom. The third kappa shape index (κ3) is 0.637. The lowest BCUT2D eigenvalue weighted by Crippen LogP contribution is -2.17. The quantitative estimate of drug-likeness (QED) is 0.519. The molecule has 0 aromatic carbocycles. The molecule has 3 aliphatic carbocycles. The summed E-state index contributed by atoms with van der Waals surface area (Å²) in [6, 6.07) is 0. The molecule has 3 rings (SSSR count). The van der Waals surface area contributed by atoms with E-state index in [1.54, 1.807) is 6.92 Å². The summed E-state index contributed by atoms with van der Waals surface area (Å²) in [6.07, 6.45) is 3.91. The zero-order valence-corrected chi connectivity index (χ0v) is 5.76. The first-order valence-electron chi connectivity index (χ1n) is 3.78. The van der Waals surface area contributed by atoms with Crippen LogP contribution in [0.2, 0.25) is 0 Å². The predicted octanol–water partition coefficient (Wildman–Crippen LogP) is 1.62. The van der Waals surface area contributed by atoms with E-state index in [9.17, 15) is 4.79 Å². The Labute approximate surface area is 55.4 Å². The number of carbonyl (C=O) groups is 1. The molecular weight excluding hydrogens is 112 g/mol. The Bertz CT molecular complexity index is 145. The molecule has 1 nitrogen and oxygen atoms in total. The van der Waals surface area contributed by atoms with Crippen molar-refractivity contribution in [2.45, 2.75) is 26.2 Å². The van der Waals surface area contributed by atoms with Crippen LogP contribution in [0.15, 0.2) is 0 Å². The zero-order chi connectivity index (χ0) is 6.43. The third-order valence-corrected chi connectivity index (χ3v) is 2.95. The van der Waals surface area contributed by atoms with E-state index in [1.807, 2.05) is 0 Å². The van der Waals surface area contributed by atoms with Crippen molar-refractivity contribution >= 4 is 5.78 Å². The molecule has 1 unspecified atom stereocenters. The summed E-state index contributed by atoms with van der Waals surface area (Å²) in [5.41, 5.74) is 0. The second-order valence-corrected chi connectivity index (χ2v) is 3.55. The lowest BCUT2D eigenvalue weighted by Gasteiger charge is -2.23. The summed E-state index contributed by atoms with van der Waals surface area (Å²) in [6.45, 7) is 1.74. The molecule has 1 atom stereocenters. The van der Waals surface area contributed by atoms with E-state index in [-0.39, 0.29) is 0 Å². The maximum absolute atomic E-state index is 10.9. The van der Waals surface area contributed by atoms with Crippen LogP contribution in [0.3, 0.4) is 0 Å². The Hall–Kier alpha value is -0.330.